The van der Waals surface area contributed by atoms with Gasteiger partial charge in [0.25, 0.3) is 0 Å². The lowest BCUT2D eigenvalue weighted by Crippen LogP contribution is -2.44. The van der Waals surface area contributed by atoms with E-state index in [1.165, 1.54) is 6.42 Å². The predicted octanol–water partition coefficient (Wildman–Crippen LogP) is 2.02. The van der Waals surface area contributed by atoms with Gasteiger partial charge in [-0.2, -0.15) is 0 Å². The topological polar surface area (TPSA) is 49.3 Å². The molecule has 1 aliphatic carbocycles. The van der Waals surface area contributed by atoms with Gasteiger partial charge >= 0.3 is 5.97 Å². The Kier molecular flexibility index (Phi) is 3.93. The van der Waals surface area contributed by atoms with Crippen molar-refractivity contribution in [3.05, 3.63) is 0 Å². The van der Waals surface area contributed by atoms with Crippen LogP contribution in [0.1, 0.15) is 45.4 Å². The summed E-state index contributed by atoms with van der Waals surface area (Å²) >= 11 is 0. The highest BCUT2D eigenvalue weighted by Crippen LogP contribution is 2.32. The van der Waals surface area contributed by atoms with E-state index >= 15 is 0 Å². The second-order valence-corrected chi connectivity index (χ2v) is 4.64. The van der Waals surface area contributed by atoms with E-state index in [0.29, 0.717) is 0 Å². The van der Waals surface area contributed by atoms with E-state index < -0.39 is 5.97 Å². The average Bonchev–Trinajstić information content (AvgIpc) is 2.29. The highest BCUT2D eigenvalue weighted by molar-refractivity contribution is 5.68. The maximum Gasteiger partial charge on any atom is 0.305 e. The first-order chi connectivity index (χ1) is 6.58. The van der Waals surface area contributed by atoms with Crippen LogP contribution in [0.4, 0.5) is 0 Å². The maximum atomic E-state index is 10.8. The molecule has 2 atom stereocenters. The molecule has 82 valence electrons. The fraction of sp³-hybridized carbons (Fsp3) is 0.909. The van der Waals surface area contributed by atoms with Crippen molar-refractivity contribution in [2.75, 3.05) is 7.05 Å². The van der Waals surface area contributed by atoms with E-state index in [0.717, 1.165) is 31.6 Å². The van der Waals surface area contributed by atoms with Crippen LogP contribution in [0.3, 0.4) is 0 Å². The summed E-state index contributed by atoms with van der Waals surface area (Å²) in [5.41, 5.74) is -0.142. The largest absolute Gasteiger partial charge is 0.481 e. The number of carbonyl (C=O) groups is 1. The maximum absolute atomic E-state index is 10.8. The summed E-state index contributed by atoms with van der Waals surface area (Å²) in [5, 5.41) is 12.1. The van der Waals surface area contributed by atoms with Crippen LogP contribution in [0.25, 0.3) is 0 Å². The SMILES string of the molecule is CNC1(CC(=O)O)CCCC(C)CC1. The molecule has 0 aliphatic heterocycles. The van der Waals surface area contributed by atoms with E-state index in [1.807, 2.05) is 7.05 Å². The Morgan fingerprint density at radius 2 is 2.21 bits per heavy atom. The lowest BCUT2D eigenvalue weighted by molar-refractivity contribution is -0.138. The van der Waals surface area contributed by atoms with Gasteiger partial charge in [-0.3, -0.25) is 4.79 Å². The minimum absolute atomic E-state index is 0.142. The molecule has 2 unspecified atom stereocenters. The predicted molar refractivity (Wildman–Crippen MR) is 56.3 cm³/mol. The van der Waals surface area contributed by atoms with E-state index in [1.54, 1.807) is 0 Å². The van der Waals surface area contributed by atoms with Crippen molar-refractivity contribution < 1.29 is 9.90 Å². The fourth-order valence-electron chi connectivity index (χ4n) is 2.39. The van der Waals surface area contributed by atoms with Crippen LogP contribution >= 0.6 is 0 Å². The summed E-state index contributed by atoms with van der Waals surface area (Å²) in [4.78, 5) is 10.8. The van der Waals surface area contributed by atoms with Crippen LogP contribution in [0.15, 0.2) is 0 Å². The molecule has 3 nitrogen and oxygen atoms in total. The van der Waals surface area contributed by atoms with Crippen molar-refractivity contribution in [3.63, 3.8) is 0 Å². The van der Waals surface area contributed by atoms with Gasteiger partial charge in [0, 0.05) is 5.54 Å². The number of hydrogen-bond donors (Lipinski definition) is 2. The smallest absolute Gasteiger partial charge is 0.305 e. The molecule has 0 spiro atoms. The first-order valence-electron chi connectivity index (χ1n) is 5.49. The minimum Gasteiger partial charge on any atom is -0.481 e. The average molecular weight is 199 g/mol. The van der Waals surface area contributed by atoms with Crippen molar-refractivity contribution in [1.82, 2.24) is 5.32 Å². The normalized spacial score (nSPS) is 33.7. The molecule has 0 radical (unpaired) electrons. The molecule has 0 aromatic carbocycles. The standard InChI is InChI=1S/C11H21NO2/c1-9-4-3-6-11(12-2,7-5-9)8-10(13)14/h9,12H,3-8H2,1-2H3,(H,13,14). The van der Waals surface area contributed by atoms with Crippen molar-refractivity contribution in [3.8, 4) is 0 Å². The van der Waals surface area contributed by atoms with Gasteiger partial charge in [-0.15, -0.1) is 0 Å². The molecule has 3 heteroatoms. The summed E-state index contributed by atoms with van der Waals surface area (Å²) in [7, 11) is 1.89. The van der Waals surface area contributed by atoms with Gasteiger partial charge in [0.2, 0.25) is 0 Å². The fourth-order valence-corrected chi connectivity index (χ4v) is 2.39. The minimum atomic E-state index is -0.686. The van der Waals surface area contributed by atoms with Crippen LogP contribution in [0.2, 0.25) is 0 Å². The number of hydrogen-bond acceptors (Lipinski definition) is 2. The molecule has 0 aromatic rings. The summed E-state index contributed by atoms with van der Waals surface area (Å²) < 4.78 is 0. The van der Waals surface area contributed by atoms with Gasteiger partial charge in [-0.25, -0.2) is 0 Å². The molecule has 0 amide bonds. The Morgan fingerprint density at radius 3 is 2.79 bits per heavy atom. The highest BCUT2D eigenvalue weighted by Gasteiger charge is 2.32. The third-order valence-electron chi connectivity index (χ3n) is 3.49. The molecule has 1 fully saturated rings. The van der Waals surface area contributed by atoms with Gasteiger partial charge < -0.3 is 10.4 Å². The molecule has 1 aliphatic rings. The third-order valence-corrected chi connectivity index (χ3v) is 3.49. The number of aliphatic carboxylic acids is 1. The zero-order valence-corrected chi connectivity index (χ0v) is 9.18. The van der Waals surface area contributed by atoms with E-state index in [2.05, 4.69) is 12.2 Å². The lowest BCUT2D eigenvalue weighted by Gasteiger charge is -2.30. The highest BCUT2D eigenvalue weighted by atomic mass is 16.4. The Balaban J connectivity index is 2.62. The molecule has 0 bridgehead atoms. The van der Waals surface area contributed by atoms with Crippen molar-refractivity contribution in [1.29, 1.82) is 0 Å². The summed E-state index contributed by atoms with van der Waals surface area (Å²) in [5.74, 6) is 0.0629. The Bertz CT molecular complexity index is 205. The van der Waals surface area contributed by atoms with Gasteiger partial charge in [-0.05, 0) is 32.2 Å². The number of carboxylic acid groups (broad SMARTS) is 1. The van der Waals surface area contributed by atoms with Crippen LogP contribution in [0.5, 0.6) is 0 Å². The molecule has 14 heavy (non-hydrogen) atoms. The Labute approximate surface area is 85.9 Å². The van der Waals surface area contributed by atoms with Gasteiger partial charge in [-0.1, -0.05) is 19.8 Å². The quantitative estimate of drug-likeness (QED) is 0.684. The van der Waals surface area contributed by atoms with E-state index in [4.69, 9.17) is 5.11 Å². The zero-order valence-electron chi connectivity index (χ0n) is 9.18. The van der Waals surface area contributed by atoms with Gasteiger partial charge in [0.15, 0.2) is 0 Å². The second kappa shape index (κ2) is 4.78. The van der Waals surface area contributed by atoms with Crippen LogP contribution < -0.4 is 5.32 Å². The van der Waals surface area contributed by atoms with Crippen LogP contribution in [-0.4, -0.2) is 23.7 Å². The number of rotatable bonds is 3. The monoisotopic (exact) mass is 199 g/mol. The molecule has 0 saturated heterocycles. The second-order valence-electron chi connectivity index (χ2n) is 4.64. The lowest BCUT2D eigenvalue weighted by atomic mass is 9.86. The van der Waals surface area contributed by atoms with Crippen LogP contribution in [0, 0.1) is 5.92 Å². The molecule has 2 N–H and O–H groups in total. The zero-order chi connectivity index (χ0) is 10.6. The van der Waals surface area contributed by atoms with Crippen molar-refractivity contribution >= 4 is 5.97 Å². The summed E-state index contributed by atoms with van der Waals surface area (Å²) in [6.45, 7) is 2.26. The molecular weight excluding hydrogens is 178 g/mol. The first-order valence-corrected chi connectivity index (χ1v) is 5.49. The molecule has 0 heterocycles. The van der Waals surface area contributed by atoms with Gasteiger partial charge in [0.1, 0.15) is 0 Å². The van der Waals surface area contributed by atoms with Gasteiger partial charge in [0.05, 0.1) is 6.42 Å². The van der Waals surface area contributed by atoms with Crippen molar-refractivity contribution in [2.24, 2.45) is 5.92 Å². The van der Waals surface area contributed by atoms with Crippen LogP contribution in [-0.2, 0) is 4.79 Å². The number of carboxylic acids is 1. The summed E-state index contributed by atoms with van der Waals surface area (Å²) in [6.07, 6.45) is 5.79. The third kappa shape index (κ3) is 2.98. The van der Waals surface area contributed by atoms with E-state index in [9.17, 15) is 4.79 Å². The molecule has 1 rings (SSSR count). The van der Waals surface area contributed by atoms with Crippen molar-refractivity contribution in [2.45, 2.75) is 51.0 Å². The Morgan fingerprint density at radius 1 is 1.50 bits per heavy atom. The Hall–Kier alpha value is -0.570. The molecule has 0 aromatic heterocycles. The molecule has 1 saturated carbocycles. The van der Waals surface area contributed by atoms with E-state index in [-0.39, 0.29) is 12.0 Å². The first kappa shape index (κ1) is 11.5. The summed E-state index contributed by atoms with van der Waals surface area (Å²) in [6, 6.07) is 0. The number of nitrogens with one attached hydrogen (secondary N) is 1. The molecular formula is C11H21NO2.